The summed E-state index contributed by atoms with van der Waals surface area (Å²) in [5, 5.41) is 2.86. The van der Waals surface area contributed by atoms with Gasteiger partial charge in [-0.1, -0.05) is 49.8 Å². The molecule has 3 heteroatoms. The number of carbonyl (C=O) groups excluding carboxylic acids is 1. The number of benzene rings is 1. The van der Waals surface area contributed by atoms with Gasteiger partial charge in [-0.3, -0.25) is 0 Å². The first-order chi connectivity index (χ1) is 8.76. The molecule has 1 N–H and O–H groups in total. The van der Waals surface area contributed by atoms with Crippen LogP contribution < -0.4 is 5.32 Å². The Balaban J connectivity index is 2.33. The van der Waals surface area contributed by atoms with Gasteiger partial charge in [-0.2, -0.15) is 0 Å². The van der Waals surface area contributed by atoms with E-state index >= 15 is 0 Å². The number of nitrogens with one attached hydrogen (secondary N) is 1. The highest BCUT2D eigenvalue weighted by atomic mass is 16.5. The van der Waals surface area contributed by atoms with Crippen LogP contribution in [0.1, 0.15) is 31.7 Å². The van der Waals surface area contributed by atoms with Crippen LogP contribution in [0.4, 0.5) is 4.79 Å². The van der Waals surface area contributed by atoms with Gasteiger partial charge in [0.2, 0.25) is 0 Å². The summed E-state index contributed by atoms with van der Waals surface area (Å²) in [6.45, 7) is 6.09. The lowest BCUT2D eigenvalue weighted by atomic mass is 10.1. The third kappa shape index (κ3) is 5.53. The van der Waals surface area contributed by atoms with Crippen molar-refractivity contribution >= 4 is 6.09 Å². The number of hydrogen-bond donors (Lipinski definition) is 1. The normalized spacial score (nSPS) is 11.6. The Morgan fingerprint density at radius 3 is 2.78 bits per heavy atom. The van der Waals surface area contributed by atoms with E-state index in [-0.39, 0.29) is 12.1 Å². The predicted octanol–water partition coefficient (Wildman–Crippen LogP) is 3.66. The molecular formula is C15H21NO2. The molecule has 0 fully saturated rings. The molecule has 0 aliphatic heterocycles. The van der Waals surface area contributed by atoms with Gasteiger partial charge in [-0.15, -0.1) is 6.58 Å². The molecule has 18 heavy (non-hydrogen) atoms. The molecule has 0 aliphatic carbocycles. The molecule has 0 heterocycles. The van der Waals surface area contributed by atoms with E-state index in [2.05, 4.69) is 18.8 Å². The van der Waals surface area contributed by atoms with Crippen LogP contribution in [-0.4, -0.2) is 12.1 Å². The number of ether oxygens (including phenoxy) is 1. The van der Waals surface area contributed by atoms with Crippen molar-refractivity contribution in [3.63, 3.8) is 0 Å². The number of hydrogen-bond acceptors (Lipinski definition) is 2. The maximum Gasteiger partial charge on any atom is 0.407 e. The minimum Gasteiger partial charge on any atom is -0.445 e. The lowest BCUT2D eigenvalue weighted by molar-refractivity contribution is 0.135. The molecule has 1 aromatic carbocycles. The second-order valence-electron chi connectivity index (χ2n) is 4.22. The van der Waals surface area contributed by atoms with Crippen molar-refractivity contribution in [1.29, 1.82) is 0 Å². The highest BCUT2D eigenvalue weighted by Gasteiger charge is 2.10. The molecule has 98 valence electrons. The number of alkyl carbamates (subject to hydrolysis) is 1. The van der Waals surface area contributed by atoms with Crippen LogP contribution in [0.5, 0.6) is 0 Å². The molecule has 0 spiro atoms. The smallest absolute Gasteiger partial charge is 0.407 e. The van der Waals surface area contributed by atoms with Gasteiger partial charge >= 0.3 is 6.09 Å². The van der Waals surface area contributed by atoms with Crippen LogP contribution in [-0.2, 0) is 11.3 Å². The first-order valence-electron chi connectivity index (χ1n) is 6.34. The van der Waals surface area contributed by atoms with Crippen LogP contribution in [0.15, 0.2) is 43.0 Å². The molecule has 1 amide bonds. The Morgan fingerprint density at radius 1 is 1.44 bits per heavy atom. The Kier molecular flexibility index (Phi) is 6.62. The number of rotatable bonds is 7. The third-order valence-electron chi connectivity index (χ3n) is 2.62. The fourth-order valence-corrected chi connectivity index (χ4v) is 1.73. The lowest BCUT2D eigenvalue weighted by Gasteiger charge is -2.16. The van der Waals surface area contributed by atoms with Gasteiger partial charge in [-0.25, -0.2) is 4.79 Å². The fraction of sp³-hybridized carbons (Fsp3) is 0.400. The second-order valence-corrected chi connectivity index (χ2v) is 4.22. The maximum atomic E-state index is 11.6. The zero-order valence-corrected chi connectivity index (χ0v) is 10.9. The molecule has 1 rings (SSSR count). The molecule has 0 saturated carbocycles. The summed E-state index contributed by atoms with van der Waals surface area (Å²) in [4.78, 5) is 11.6. The van der Waals surface area contributed by atoms with Crippen LogP contribution in [0.25, 0.3) is 0 Å². The van der Waals surface area contributed by atoms with Crippen LogP contribution in [0.2, 0.25) is 0 Å². The molecular weight excluding hydrogens is 226 g/mol. The van der Waals surface area contributed by atoms with Crippen LogP contribution >= 0.6 is 0 Å². The van der Waals surface area contributed by atoms with Gasteiger partial charge in [0, 0.05) is 6.04 Å². The molecule has 0 aliphatic rings. The average molecular weight is 247 g/mol. The van der Waals surface area contributed by atoms with Gasteiger partial charge in [0.1, 0.15) is 6.61 Å². The van der Waals surface area contributed by atoms with Crippen molar-refractivity contribution in [3.8, 4) is 0 Å². The molecule has 1 atom stereocenters. The van der Waals surface area contributed by atoms with Gasteiger partial charge in [-0.05, 0) is 18.4 Å². The molecule has 3 nitrogen and oxygen atoms in total. The van der Waals surface area contributed by atoms with Gasteiger partial charge < -0.3 is 10.1 Å². The van der Waals surface area contributed by atoms with E-state index in [4.69, 9.17) is 4.74 Å². The first kappa shape index (κ1) is 14.3. The molecule has 0 aromatic heterocycles. The molecule has 1 unspecified atom stereocenters. The quantitative estimate of drug-likeness (QED) is 0.747. The van der Waals surface area contributed by atoms with E-state index in [0.717, 1.165) is 24.8 Å². The SMILES string of the molecule is C=CCC(CCC)NC(=O)OCc1ccccc1. The topological polar surface area (TPSA) is 38.3 Å². The average Bonchev–Trinajstić information content (AvgIpc) is 2.38. The second kappa shape index (κ2) is 8.34. The lowest BCUT2D eigenvalue weighted by Crippen LogP contribution is -2.34. The zero-order chi connectivity index (χ0) is 13.2. The van der Waals surface area contributed by atoms with E-state index in [1.54, 1.807) is 0 Å². The summed E-state index contributed by atoms with van der Waals surface area (Å²) in [5.74, 6) is 0. The van der Waals surface area contributed by atoms with Gasteiger partial charge in [0.15, 0.2) is 0 Å². The maximum absolute atomic E-state index is 11.6. The van der Waals surface area contributed by atoms with E-state index in [1.165, 1.54) is 0 Å². The summed E-state index contributed by atoms with van der Waals surface area (Å²) in [6, 6.07) is 9.77. The highest BCUT2D eigenvalue weighted by molar-refractivity contribution is 5.67. The molecule has 0 bridgehead atoms. The molecule has 0 radical (unpaired) electrons. The van der Waals surface area contributed by atoms with Crippen LogP contribution in [0, 0.1) is 0 Å². The minimum atomic E-state index is -0.362. The summed E-state index contributed by atoms with van der Waals surface area (Å²) in [7, 11) is 0. The minimum absolute atomic E-state index is 0.121. The summed E-state index contributed by atoms with van der Waals surface area (Å²) >= 11 is 0. The summed E-state index contributed by atoms with van der Waals surface area (Å²) in [5.41, 5.74) is 0.989. The predicted molar refractivity (Wildman–Crippen MR) is 73.3 cm³/mol. The summed E-state index contributed by atoms with van der Waals surface area (Å²) < 4.78 is 5.17. The van der Waals surface area contributed by atoms with Gasteiger partial charge in [0.25, 0.3) is 0 Å². The monoisotopic (exact) mass is 247 g/mol. The largest absolute Gasteiger partial charge is 0.445 e. The van der Waals surface area contributed by atoms with E-state index in [9.17, 15) is 4.79 Å². The Morgan fingerprint density at radius 2 is 2.17 bits per heavy atom. The molecule has 0 saturated heterocycles. The molecule has 1 aromatic rings. The van der Waals surface area contributed by atoms with Crippen molar-refractivity contribution < 1.29 is 9.53 Å². The number of amides is 1. The first-order valence-corrected chi connectivity index (χ1v) is 6.34. The van der Waals surface area contributed by atoms with E-state index in [1.807, 2.05) is 36.4 Å². The highest BCUT2D eigenvalue weighted by Crippen LogP contribution is 2.04. The third-order valence-corrected chi connectivity index (χ3v) is 2.62. The van der Waals surface area contributed by atoms with Crippen molar-refractivity contribution in [2.75, 3.05) is 0 Å². The van der Waals surface area contributed by atoms with Crippen LogP contribution in [0.3, 0.4) is 0 Å². The fourth-order valence-electron chi connectivity index (χ4n) is 1.73. The zero-order valence-electron chi connectivity index (χ0n) is 10.9. The Labute approximate surface area is 109 Å². The Hall–Kier alpha value is -1.77. The van der Waals surface area contributed by atoms with Crippen molar-refractivity contribution in [2.45, 2.75) is 38.8 Å². The van der Waals surface area contributed by atoms with Crippen molar-refractivity contribution in [3.05, 3.63) is 48.6 Å². The van der Waals surface area contributed by atoms with E-state index in [0.29, 0.717) is 6.61 Å². The van der Waals surface area contributed by atoms with Gasteiger partial charge in [0.05, 0.1) is 0 Å². The van der Waals surface area contributed by atoms with Crippen molar-refractivity contribution in [1.82, 2.24) is 5.32 Å². The van der Waals surface area contributed by atoms with Crippen molar-refractivity contribution in [2.24, 2.45) is 0 Å². The summed E-state index contributed by atoms with van der Waals surface area (Å²) in [6.07, 6.45) is 4.19. The van der Waals surface area contributed by atoms with E-state index < -0.39 is 0 Å². The Bertz CT molecular complexity index is 362. The standard InChI is InChI=1S/C15H21NO2/c1-3-8-14(9-4-2)16-15(17)18-12-13-10-6-5-7-11-13/h3,5-7,10-11,14H,1,4,8-9,12H2,2H3,(H,16,17). The number of carbonyl (C=O) groups is 1.